The summed E-state index contributed by atoms with van der Waals surface area (Å²) < 4.78 is 27.2. The lowest BCUT2D eigenvalue weighted by Gasteiger charge is -2.16. The van der Waals surface area contributed by atoms with Gasteiger partial charge in [-0.3, -0.25) is 9.48 Å². The molecule has 0 saturated carbocycles. The minimum Gasteiger partial charge on any atom is -0.381 e. The fourth-order valence-corrected chi connectivity index (χ4v) is 3.05. The highest BCUT2D eigenvalue weighted by atomic mass is 32.2. The molecular weight excluding hydrogens is 270 g/mol. The second-order valence-electron chi connectivity index (χ2n) is 4.17. The predicted molar refractivity (Wildman–Crippen MR) is 70.9 cm³/mol. The van der Waals surface area contributed by atoms with Gasteiger partial charge in [0.05, 0.1) is 5.69 Å². The van der Waals surface area contributed by atoms with E-state index in [9.17, 15) is 13.2 Å². The monoisotopic (exact) mass is 289 g/mol. The molecule has 1 aromatic heterocycles. The van der Waals surface area contributed by atoms with Crippen molar-refractivity contribution in [1.82, 2.24) is 19.4 Å². The number of sulfonamides is 1. The van der Waals surface area contributed by atoms with Crippen LogP contribution in [0.2, 0.25) is 0 Å². The van der Waals surface area contributed by atoms with Crippen molar-refractivity contribution >= 4 is 21.7 Å². The molecule has 108 valence electrons. The van der Waals surface area contributed by atoms with Crippen LogP contribution in [-0.4, -0.2) is 49.1 Å². The number of aryl methyl sites for hydroxylation is 1. The van der Waals surface area contributed by atoms with Crippen molar-refractivity contribution in [3.05, 3.63) is 5.69 Å². The molecule has 0 spiro atoms. The van der Waals surface area contributed by atoms with E-state index in [4.69, 9.17) is 5.73 Å². The first-order valence-corrected chi connectivity index (χ1v) is 7.11. The summed E-state index contributed by atoms with van der Waals surface area (Å²) in [6.07, 6.45) is 0.0887. The SMILES string of the molecule is CNC(=O)CCN(C)S(=O)(=O)c1c(N)nn(C)c1C. The summed E-state index contributed by atoms with van der Waals surface area (Å²) in [5, 5.41) is 6.32. The van der Waals surface area contributed by atoms with Gasteiger partial charge in [-0.1, -0.05) is 0 Å². The van der Waals surface area contributed by atoms with E-state index in [0.717, 1.165) is 4.31 Å². The Morgan fingerprint density at radius 2 is 2.11 bits per heavy atom. The standard InChI is InChI=1S/C10H19N5O3S/c1-7-9(10(11)13-15(7)4)19(17,18)14(3)6-5-8(16)12-2/h5-6H2,1-4H3,(H2,11,13)(H,12,16). The molecule has 8 nitrogen and oxygen atoms in total. The van der Waals surface area contributed by atoms with E-state index >= 15 is 0 Å². The average Bonchev–Trinajstić information content (AvgIpc) is 2.59. The van der Waals surface area contributed by atoms with Crippen LogP contribution in [0, 0.1) is 6.92 Å². The summed E-state index contributed by atoms with van der Waals surface area (Å²) >= 11 is 0. The minimum absolute atomic E-state index is 0.00518. The highest BCUT2D eigenvalue weighted by molar-refractivity contribution is 7.89. The summed E-state index contributed by atoms with van der Waals surface area (Å²) in [4.78, 5) is 11.1. The third-order valence-electron chi connectivity index (χ3n) is 2.91. The molecule has 0 fully saturated rings. The lowest BCUT2D eigenvalue weighted by atomic mass is 10.4. The first kappa shape index (κ1) is 15.4. The minimum atomic E-state index is -3.74. The topological polar surface area (TPSA) is 110 Å². The molecule has 0 aliphatic rings. The van der Waals surface area contributed by atoms with Gasteiger partial charge in [0, 0.05) is 34.1 Å². The molecule has 3 N–H and O–H groups in total. The van der Waals surface area contributed by atoms with E-state index < -0.39 is 10.0 Å². The van der Waals surface area contributed by atoms with Gasteiger partial charge in [-0.25, -0.2) is 12.7 Å². The largest absolute Gasteiger partial charge is 0.381 e. The number of rotatable bonds is 5. The molecule has 9 heteroatoms. The average molecular weight is 289 g/mol. The van der Waals surface area contributed by atoms with Crippen LogP contribution in [-0.2, 0) is 21.9 Å². The summed E-state index contributed by atoms with van der Waals surface area (Å²) in [5.74, 6) is -0.260. The molecule has 1 amide bonds. The molecule has 0 atom stereocenters. The van der Waals surface area contributed by atoms with Crippen molar-refractivity contribution in [3.8, 4) is 0 Å². The fraction of sp³-hybridized carbons (Fsp3) is 0.600. The number of nitrogens with zero attached hydrogens (tertiary/aromatic N) is 3. The third kappa shape index (κ3) is 3.04. The quantitative estimate of drug-likeness (QED) is 0.727. The number of nitrogen functional groups attached to an aromatic ring is 1. The van der Waals surface area contributed by atoms with Crippen LogP contribution in [0.1, 0.15) is 12.1 Å². The zero-order valence-electron chi connectivity index (χ0n) is 11.5. The van der Waals surface area contributed by atoms with E-state index in [0.29, 0.717) is 5.69 Å². The van der Waals surface area contributed by atoms with Gasteiger partial charge in [0.15, 0.2) is 5.82 Å². The number of hydrogen-bond acceptors (Lipinski definition) is 5. The summed E-state index contributed by atoms with van der Waals surface area (Å²) in [6.45, 7) is 1.71. The summed E-state index contributed by atoms with van der Waals surface area (Å²) in [7, 11) is 0.789. The highest BCUT2D eigenvalue weighted by Gasteiger charge is 2.28. The molecule has 0 radical (unpaired) electrons. The Bertz CT molecular complexity index is 578. The van der Waals surface area contributed by atoms with Crippen molar-refractivity contribution < 1.29 is 13.2 Å². The molecule has 0 aliphatic heterocycles. The number of hydrogen-bond donors (Lipinski definition) is 2. The van der Waals surface area contributed by atoms with Gasteiger partial charge in [-0.15, -0.1) is 0 Å². The predicted octanol–water partition coefficient (Wildman–Crippen LogP) is -0.933. The maximum Gasteiger partial charge on any atom is 0.248 e. The van der Waals surface area contributed by atoms with E-state index in [1.165, 1.54) is 18.8 Å². The molecule has 1 heterocycles. The number of carbonyl (C=O) groups excluding carboxylic acids is 1. The van der Waals surface area contributed by atoms with Crippen LogP contribution in [0.3, 0.4) is 0 Å². The van der Waals surface area contributed by atoms with Crippen molar-refractivity contribution in [2.24, 2.45) is 7.05 Å². The third-order valence-corrected chi connectivity index (χ3v) is 4.93. The first-order valence-electron chi connectivity index (χ1n) is 5.67. The van der Waals surface area contributed by atoms with Crippen molar-refractivity contribution in [1.29, 1.82) is 0 Å². The number of anilines is 1. The zero-order valence-corrected chi connectivity index (χ0v) is 12.3. The second kappa shape index (κ2) is 5.57. The van der Waals surface area contributed by atoms with Gasteiger partial charge >= 0.3 is 0 Å². The Morgan fingerprint density at radius 1 is 1.53 bits per heavy atom. The lowest BCUT2D eigenvalue weighted by Crippen LogP contribution is -2.32. The first-order chi connectivity index (χ1) is 8.71. The number of nitrogens with one attached hydrogen (secondary N) is 1. The highest BCUT2D eigenvalue weighted by Crippen LogP contribution is 2.24. The maximum atomic E-state index is 12.3. The molecule has 0 unspecified atom stereocenters. The van der Waals surface area contributed by atoms with Crippen LogP contribution >= 0.6 is 0 Å². The number of amides is 1. The van der Waals surface area contributed by atoms with Crippen molar-refractivity contribution in [2.75, 3.05) is 26.4 Å². The van der Waals surface area contributed by atoms with Gasteiger partial charge in [-0.05, 0) is 6.92 Å². The fourth-order valence-electron chi connectivity index (χ4n) is 1.59. The number of carbonyl (C=O) groups is 1. The van der Waals surface area contributed by atoms with Gasteiger partial charge in [0.25, 0.3) is 0 Å². The van der Waals surface area contributed by atoms with Crippen LogP contribution in [0.15, 0.2) is 4.90 Å². The Hall–Kier alpha value is -1.61. The van der Waals surface area contributed by atoms with Crippen LogP contribution in [0.4, 0.5) is 5.82 Å². The molecule has 0 aliphatic carbocycles. The normalized spacial score (nSPS) is 11.8. The van der Waals surface area contributed by atoms with Crippen molar-refractivity contribution in [2.45, 2.75) is 18.2 Å². The summed E-state index contributed by atoms with van der Waals surface area (Å²) in [5.41, 5.74) is 6.09. The van der Waals surface area contributed by atoms with E-state index in [1.54, 1.807) is 14.0 Å². The van der Waals surface area contributed by atoms with Crippen LogP contribution in [0.5, 0.6) is 0 Å². The van der Waals surface area contributed by atoms with Crippen molar-refractivity contribution in [3.63, 3.8) is 0 Å². The Kier molecular flexibility index (Phi) is 4.53. The zero-order chi connectivity index (χ0) is 14.8. The molecule has 19 heavy (non-hydrogen) atoms. The van der Waals surface area contributed by atoms with E-state index in [2.05, 4.69) is 10.4 Å². The van der Waals surface area contributed by atoms with Crippen LogP contribution in [0.25, 0.3) is 0 Å². The number of nitrogens with two attached hydrogens (primary N) is 1. The Morgan fingerprint density at radius 3 is 2.53 bits per heavy atom. The molecule has 0 bridgehead atoms. The van der Waals surface area contributed by atoms with E-state index in [1.807, 2.05) is 0 Å². The van der Waals surface area contributed by atoms with Crippen LogP contribution < -0.4 is 11.1 Å². The maximum absolute atomic E-state index is 12.3. The van der Waals surface area contributed by atoms with Gasteiger partial charge < -0.3 is 11.1 Å². The smallest absolute Gasteiger partial charge is 0.248 e. The lowest BCUT2D eigenvalue weighted by molar-refractivity contribution is -0.120. The molecule has 1 aromatic rings. The Balaban J connectivity index is 3.00. The molecule has 0 saturated heterocycles. The van der Waals surface area contributed by atoms with Gasteiger partial charge in [0.1, 0.15) is 4.90 Å². The summed E-state index contributed by atoms with van der Waals surface area (Å²) in [6, 6.07) is 0. The second-order valence-corrected chi connectivity index (χ2v) is 6.15. The van der Waals surface area contributed by atoms with Gasteiger partial charge in [0.2, 0.25) is 15.9 Å². The number of aromatic nitrogens is 2. The van der Waals surface area contributed by atoms with Gasteiger partial charge in [-0.2, -0.15) is 5.10 Å². The molecule has 1 rings (SSSR count). The molecule has 0 aromatic carbocycles. The van der Waals surface area contributed by atoms with E-state index in [-0.39, 0.29) is 29.6 Å². The molecular formula is C10H19N5O3S. The Labute approximate surface area is 112 Å².